The van der Waals surface area contributed by atoms with Crippen LogP contribution in [0.1, 0.15) is 52.0 Å². The fourth-order valence-electron chi connectivity index (χ4n) is 3.23. The van der Waals surface area contributed by atoms with Crippen molar-refractivity contribution in [2.45, 2.75) is 52.5 Å². The lowest BCUT2D eigenvalue weighted by Gasteiger charge is -2.41. The molecule has 2 atom stereocenters. The van der Waals surface area contributed by atoms with Gasteiger partial charge in [0.15, 0.2) is 0 Å². The molecule has 0 aliphatic heterocycles. The highest BCUT2D eigenvalue weighted by Gasteiger charge is 2.33. The topological polar surface area (TPSA) is 35.8 Å². The maximum Gasteiger partial charge on any atom is 0.0992 e. The van der Waals surface area contributed by atoms with Crippen molar-refractivity contribution in [3.63, 3.8) is 0 Å². The molecule has 1 aliphatic rings. The summed E-state index contributed by atoms with van der Waals surface area (Å²) in [5.74, 6) is 0.701. The van der Waals surface area contributed by atoms with Gasteiger partial charge in [0.1, 0.15) is 0 Å². The molecule has 2 heteroatoms. The Morgan fingerprint density at radius 1 is 1.21 bits per heavy atom. The van der Waals surface area contributed by atoms with Crippen LogP contribution < -0.4 is 5.32 Å². The minimum Gasteiger partial charge on any atom is -0.382 e. The molecule has 1 aromatic rings. The number of hydrogen-bond acceptors (Lipinski definition) is 2. The van der Waals surface area contributed by atoms with Gasteiger partial charge in [-0.1, -0.05) is 39.7 Å². The third kappa shape index (κ3) is 3.50. The maximum atomic E-state index is 8.97. The number of nitrogens with zero attached hydrogens (tertiary/aromatic N) is 1. The van der Waals surface area contributed by atoms with Gasteiger partial charge in [0, 0.05) is 11.7 Å². The molecule has 19 heavy (non-hydrogen) atoms. The van der Waals surface area contributed by atoms with Gasteiger partial charge in [0.25, 0.3) is 0 Å². The van der Waals surface area contributed by atoms with Crippen LogP contribution in [0.4, 0.5) is 5.69 Å². The second-order valence-electron chi connectivity index (χ2n) is 6.70. The van der Waals surface area contributed by atoms with Crippen molar-refractivity contribution in [3.8, 4) is 6.07 Å². The smallest absolute Gasteiger partial charge is 0.0992 e. The van der Waals surface area contributed by atoms with Gasteiger partial charge < -0.3 is 5.32 Å². The summed E-state index contributed by atoms with van der Waals surface area (Å²) < 4.78 is 0. The maximum absolute atomic E-state index is 8.97. The van der Waals surface area contributed by atoms with Crippen LogP contribution >= 0.6 is 0 Å². The largest absolute Gasteiger partial charge is 0.382 e. The molecule has 0 bridgehead atoms. The Hall–Kier alpha value is -1.49. The second kappa shape index (κ2) is 5.65. The fraction of sp³-hybridized carbons (Fsp3) is 0.588. The van der Waals surface area contributed by atoms with Crippen LogP contribution in [0.15, 0.2) is 24.3 Å². The predicted octanol–water partition coefficient (Wildman–Crippen LogP) is 4.58. The summed E-state index contributed by atoms with van der Waals surface area (Å²) in [4.78, 5) is 0. The summed E-state index contributed by atoms with van der Waals surface area (Å²) in [5.41, 5.74) is 2.15. The lowest BCUT2D eigenvalue weighted by atomic mass is 9.69. The minimum atomic E-state index is 0.338. The molecule has 0 radical (unpaired) electrons. The zero-order chi connectivity index (χ0) is 13.9. The number of nitriles is 1. The molecule has 2 rings (SSSR count). The molecule has 0 amide bonds. The Morgan fingerprint density at radius 2 is 1.95 bits per heavy atom. The SMILES string of the molecule is CC(C)(C)C1CCCCC1Nc1cccc(C#N)c1. The van der Waals surface area contributed by atoms with Crippen LogP contribution in [0.5, 0.6) is 0 Å². The molecular formula is C17H24N2. The monoisotopic (exact) mass is 256 g/mol. The Balaban J connectivity index is 2.13. The molecule has 1 fully saturated rings. The number of hydrogen-bond donors (Lipinski definition) is 1. The first-order chi connectivity index (χ1) is 9.00. The van der Waals surface area contributed by atoms with E-state index in [1.54, 1.807) is 0 Å². The highest BCUT2D eigenvalue weighted by Crippen LogP contribution is 2.39. The molecular weight excluding hydrogens is 232 g/mol. The first-order valence-corrected chi connectivity index (χ1v) is 7.27. The van der Waals surface area contributed by atoms with Crippen molar-refractivity contribution >= 4 is 5.69 Å². The molecule has 0 saturated heterocycles. The molecule has 1 aromatic carbocycles. The molecule has 102 valence electrons. The Morgan fingerprint density at radius 3 is 2.63 bits per heavy atom. The Kier molecular flexibility index (Phi) is 4.14. The quantitative estimate of drug-likeness (QED) is 0.841. The van der Waals surface area contributed by atoms with Gasteiger partial charge in [-0.05, 0) is 42.4 Å². The lowest BCUT2D eigenvalue weighted by molar-refractivity contribution is 0.163. The summed E-state index contributed by atoms with van der Waals surface area (Å²) in [6.45, 7) is 7.01. The average molecular weight is 256 g/mol. The van der Waals surface area contributed by atoms with E-state index in [0.717, 1.165) is 11.3 Å². The first-order valence-electron chi connectivity index (χ1n) is 7.27. The van der Waals surface area contributed by atoms with Gasteiger partial charge in [0.2, 0.25) is 0 Å². The molecule has 0 aromatic heterocycles. The van der Waals surface area contributed by atoms with Crippen molar-refractivity contribution in [1.82, 2.24) is 0 Å². The lowest BCUT2D eigenvalue weighted by Crippen LogP contribution is -2.39. The molecule has 2 nitrogen and oxygen atoms in total. The zero-order valence-electron chi connectivity index (χ0n) is 12.2. The van der Waals surface area contributed by atoms with Crippen LogP contribution in [0.25, 0.3) is 0 Å². The van der Waals surface area contributed by atoms with Gasteiger partial charge in [0.05, 0.1) is 11.6 Å². The van der Waals surface area contributed by atoms with Crippen LogP contribution in [0.2, 0.25) is 0 Å². The second-order valence-corrected chi connectivity index (χ2v) is 6.70. The van der Waals surface area contributed by atoms with Gasteiger partial charge >= 0.3 is 0 Å². The summed E-state index contributed by atoms with van der Waals surface area (Å²) >= 11 is 0. The van der Waals surface area contributed by atoms with E-state index < -0.39 is 0 Å². The number of benzene rings is 1. The molecule has 1 N–H and O–H groups in total. The van der Waals surface area contributed by atoms with Crippen LogP contribution in [0.3, 0.4) is 0 Å². The highest BCUT2D eigenvalue weighted by atomic mass is 14.9. The van der Waals surface area contributed by atoms with Crippen molar-refractivity contribution in [3.05, 3.63) is 29.8 Å². The zero-order valence-corrected chi connectivity index (χ0v) is 12.2. The first kappa shape index (κ1) is 13.9. The van der Waals surface area contributed by atoms with Gasteiger partial charge in [-0.15, -0.1) is 0 Å². The van der Waals surface area contributed by atoms with Crippen LogP contribution in [-0.2, 0) is 0 Å². The fourth-order valence-corrected chi connectivity index (χ4v) is 3.23. The van der Waals surface area contributed by atoms with Crippen LogP contribution in [0, 0.1) is 22.7 Å². The molecule has 1 saturated carbocycles. The predicted molar refractivity (Wildman–Crippen MR) is 80.0 cm³/mol. The van der Waals surface area contributed by atoms with Gasteiger partial charge in [-0.2, -0.15) is 5.26 Å². The van der Waals surface area contributed by atoms with E-state index in [0.29, 0.717) is 17.4 Å². The Labute approximate surface area is 116 Å². The molecule has 1 aliphatic carbocycles. The molecule has 0 spiro atoms. The van der Waals surface area contributed by atoms with E-state index in [4.69, 9.17) is 5.26 Å². The van der Waals surface area contributed by atoms with E-state index >= 15 is 0 Å². The third-order valence-corrected chi connectivity index (χ3v) is 4.22. The average Bonchev–Trinajstić information content (AvgIpc) is 2.38. The minimum absolute atomic E-state index is 0.338. The number of rotatable bonds is 2. The summed E-state index contributed by atoms with van der Waals surface area (Å²) in [5, 5.41) is 12.6. The van der Waals surface area contributed by atoms with E-state index in [-0.39, 0.29) is 0 Å². The highest BCUT2D eigenvalue weighted by molar-refractivity contribution is 5.49. The van der Waals surface area contributed by atoms with Gasteiger partial charge in [-0.25, -0.2) is 0 Å². The van der Waals surface area contributed by atoms with E-state index in [1.165, 1.54) is 25.7 Å². The standard InChI is InChI=1S/C17H24N2/c1-17(2,3)15-9-4-5-10-16(15)19-14-8-6-7-13(11-14)12-18/h6-8,11,15-16,19H,4-5,9-10H2,1-3H3. The van der Waals surface area contributed by atoms with Crippen molar-refractivity contribution in [1.29, 1.82) is 5.26 Å². The van der Waals surface area contributed by atoms with Crippen molar-refractivity contribution < 1.29 is 0 Å². The Bertz CT molecular complexity index is 465. The molecule has 2 unspecified atom stereocenters. The number of anilines is 1. The number of nitrogens with one attached hydrogen (secondary N) is 1. The normalized spacial score (nSPS) is 23.7. The summed E-state index contributed by atoms with van der Waals surface area (Å²) in [6.07, 6.45) is 5.19. The van der Waals surface area contributed by atoms with E-state index in [1.807, 2.05) is 18.2 Å². The summed E-state index contributed by atoms with van der Waals surface area (Å²) in [6, 6.07) is 10.6. The van der Waals surface area contributed by atoms with E-state index in [2.05, 4.69) is 38.2 Å². The van der Waals surface area contributed by atoms with Crippen molar-refractivity contribution in [2.24, 2.45) is 11.3 Å². The van der Waals surface area contributed by atoms with Crippen molar-refractivity contribution in [2.75, 3.05) is 5.32 Å². The summed E-state index contributed by atoms with van der Waals surface area (Å²) in [7, 11) is 0. The van der Waals surface area contributed by atoms with Gasteiger partial charge in [-0.3, -0.25) is 0 Å². The third-order valence-electron chi connectivity index (χ3n) is 4.22. The van der Waals surface area contributed by atoms with E-state index in [9.17, 15) is 0 Å². The van der Waals surface area contributed by atoms with Crippen LogP contribution in [-0.4, -0.2) is 6.04 Å². The molecule has 0 heterocycles.